The Morgan fingerprint density at radius 2 is 1.76 bits per heavy atom. The third-order valence-corrected chi connectivity index (χ3v) is 4.55. The van der Waals surface area contributed by atoms with Crippen LogP contribution in [0.3, 0.4) is 0 Å². The predicted molar refractivity (Wildman–Crippen MR) is 80.5 cm³/mol. The molecule has 2 aliphatic rings. The van der Waals surface area contributed by atoms with Crippen molar-refractivity contribution in [1.82, 2.24) is 9.80 Å². The maximum absolute atomic E-state index is 12.4. The van der Waals surface area contributed by atoms with E-state index in [1.807, 2.05) is 18.2 Å². The van der Waals surface area contributed by atoms with E-state index < -0.39 is 0 Å². The zero-order valence-electron chi connectivity index (χ0n) is 12.5. The highest BCUT2D eigenvalue weighted by atomic mass is 16.2. The Kier molecular flexibility index (Phi) is 3.95. The zero-order chi connectivity index (χ0) is 14.8. The molecular weight excluding hydrogens is 264 g/mol. The number of hydrogen-bond acceptors (Lipinski definition) is 2. The molecule has 21 heavy (non-hydrogen) atoms. The van der Waals surface area contributed by atoms with E-state index in [0.29, 0.717) is 19.0 Å². The van der Waals surface area contributed by atoms with Crippen LogP contribution in [-0.2, 0) is 22.6 Å². The predicted octanol–water partition coefficient (Wildman–Crippen LogP) is 1.83. The fraction of sp³-hybridized carbons (Fsp3) is 0.529. The van der Waals surface area contributed by atoms with Crippen LogP contribution in [0.5, 0.6) is 0 Å². The summed E-state index contributed by atoms with van der Waals surface area (Å²) < 4.78 is 0. The Morgan fingerprint density at radius 1 is 1.05 bits per heavy atom. The van der Waals surface area contributed by atoms with Crippen LogP contribution in [0.4, 0.5) is 0 Å². The molecule has 3 rings (SSSR count). The molecule has 1 aromatic carbocycles. The average molecular weight is 286 g/mol. The monoisotopic (exact) mass is 286 g/mol. The third-order valence-electron chi connectivity index (χ3n) is 4.55. The number of nitrogens with zero attached hydrogens (tertiary/aromatic N) is 2. The highest BCUT2D eigenvalue weighted by molar-refractivity contribution is 6.34. The SMILES string of the molecule is CC1CCCN(C(=O)C(=O)N2CCc3ccccc3C2)C1. The van der Waals surface area contributed by atoms with E-state index in [1.165, 1.54) is 5.56 Å². The molecule has 112 valence electrons. The van der Waals surface area contributed by atoms with Crippen LogP contribution in [0.1, 0.15) is 30.9 Å². The van der Waals surface area contributed by atoms with E-state index in [0.717, 1.165) is 37.9 Å². The van der Waals surface area contributed by atoms with E-state index in [4.69, 9.17) is 0 Å². The maximum atomic E-state index is 12.4. The summed E-state index contributed by atoms with van der Waals surface area (Å²) in [7, 11) is 0. The molecule has 0 aliphatic carbocycles. The molecule has 1 fully saturated rings. The van der Waals surface area contributed by atoms with Gasteiger partial charge in [0, 0.05) is 26.2 Å². The van der Waals surface area contributed by atoms with E-state index in [-0.39, 0.29) is 11.8 Å². The van der Waals surface area contributed by atoms with Gasteiger partial charge >= 0.3 is 11.8 Å². The second-order valence-corrected chi connectivity index (χ2v) is 6.24. The Balaban J connectivity index is 1.67. The molecule has 0 bridgehead atoms. The summed E-state index contributed by atoms with van der Waals surface area (Å²) in [5.41, 5.74) is 2.46. The van der Waals surface area contributed by atoms with E-state index in [9.17, 15) is 9.59 Å². The summed E-state index contributed by atoms with van der Waals surface area (Å²) in [6, 6.07) is 8.16. The lowest BCUT2D eigenvalue weighted by Crippen LogP contribution is -2.49. The molecular formula is C17H22N2O2. The van der Waals surface area contributed by atoms with Crippen molar-refractivity contribution in [3.63, 3.8) is 0 Å². The lowest BCUT2D eigenvalue weighted by atomic mass is 9.99. The van der Waals surface area contributed by atoms with Gasteiger partial charge in [-0.3, -0.25) is 9.59 Å². The Bertz CT molecular complexity index is 555. The van der Waals surface area contributed by atoms with Gasteiger partial charge in [-0.1, -0.05) is 31.2 Å². The van der Waals surface area contributed by atoms with Crippen LogP contribution in [-0.4, -0.2) is 41.2 Å². The van der Waals surface area contributed by atoms with Crippen molar-refractivity contribution in [2.24, 2.45) is 5.92 Å². The molecule has 2 heterocycles. The van der Waals surface area contributed by atoms with E-state index in [2.05, 4.69) is 13.0 Å². The van der Waals surface area contributed by atoms with Crippen molar-refractivity contribution in [2.45, 2.75) is 32.7 Å². The summed E-state index contributed by atoms with van der Waals surface area (Å²) in [5.74, 6) is -0.155. The Hall–Kier alpha value is -1.84. The van der Waals surface area contributed by atoms with Crippen molar-refractivity contribution in [2.75, 3.05) is 19.6 Å². The highest BCUT2D eigenvalue weighted by Crippen LogP contribution is 2.20. The van der Waals surface area contributed by atoms with Gasteiger partial charge in [0.2, 0.25) is 0 Å². The number of piperidine rings is 1. The van der Waals surface area contributed by atoms with Crippen molar-refractivity contribution in [3.05, 3.63) is 35.4 Å². The number of benzene rings is 1. The first-order valence-corrected chi connectivity index (χ1v) is 7.80. The minimum absolute atomic E-state index is 0.319. The number of amides is 2. The van der Waals surface area contributed by atoms with Gasteiger partial charge in [0.15, 0.2) is 0 Å². The van der Waals surface area contributed by atoms with Crippen LogP contribution >= 0.6 is 0 Å². The molecule has 4 nitrogen and oxygen atoms in total. The first-order valence-electron chi connectivity index (χ1n) is 7.80. The van der Waals surface area contributed by atoms with Gasteiger partial charge in [-0.2, -0.15) is 0 Å². The summed E-state index contributed by atoms with van der Waals surface area (Å²) >= 11 is 0. The van der Waals surface area contributed by atoms with Crippen LogP contribution in [0.25, 0.3) is 0 Å². The van der Waals surface area contributed by atoms with Crippen LogP contribution < -0.4 is 0 Å². The smallest absolute Gasteiger partial charge is 0.312 e. The first kappa shape index (κ1) is 14.1. The quantitative estimate of drug-likeness (QED) is 0.683. The van der Waals surface area contributed by atoms with E-state index in [1.54, 1.807) is 9.80 Å². The van der Waals surface area contributed by atoms with Gasteiger partial charge in [-0.15, -0.1) is 0 Å². The highest BCUT2D eigenvalue weighted by Gasteiger charge is 2.31. The molecule has 1 unspecified atom stereocenters. The Labute approximate surface area is 125 Å². The van der Waals surface area contributed by atoms with Crippen LogP contribution in [0, 0.1) is 5.92 Å². The number of rotatable bonds is 0. The molecule has 1 atom stereocenters. The number of carbonyl (C=O) groups is 2. The van der Waals surface area contributed by atoms with Crippen molar-refractivity contribution >= 4 is 11.8 Å². The fourth-order valence-electron chi connectivity index (χ4n) is 3.31. The summed E-state index contributed by atoms with van der Waals surface area (Å²) in [4.78, 5) is 28.3. The van der Waals surface area contributed by atoms with Crippen molar-refractivity contribution < 1.29 is 9.59 Å². The zero-order valence-corrected chi connectivity index (χ0v) is 12.5. The molecule has 2 amide bonds. The summed E-state index contributed by atoms with van der Waals surface area (Å²) in [5, 5.41) is 0. The lowest BCUT2D eigenvalue weighted by Gasteiger charge is -2.33. The second-order valence-electron chi connectivity index (χ2n) is 6.24. The van der Waals surface area contributed by atoms with Crippen LogP contribution in [0.2, 0.25) is 0 Å². The number of fused-ring (bicyclic) bond motifs is 1. The molecule has 1 aromatic rings. The lowest BCUT2D eigenvalue weighted by molar-refractivity contribution is -0.153. The molecule has 0 saturated carbocycles. The van der Waals surface area contributed by atoms with E-state index >= 15 is 0 Å². The third kappa shape index (κ3) is 2.94. The minimum atomic E-state index is -0.335. The molecule has 4 heteroatoms. The molecule has 0 N–H and O–H groups in total. The normalized spacial score (nSPS) is 21.9. The molecule has 1 saturated heterocycles. The van der Waals surface area contributed by atoms with Gasteiger partial charge in [0.1, 0.15) is 0 Å². The topological polar surface area (TPSA) is 40.6 Å². The molecule has 2 aliphatic heterocycles. The van der Waals surface area contributed by atoms with Gasteiger partial charge in [0.05, 0.1) is 0 Å². The summed E-state index contributed by atoms with van der Waals surface area (Å²) in [6.07, 6.45) is 2.99. The standard InChI is InChI=1S/C17H22N2O2/c1-13-5-4-9-18(11-13)16(20)17(21)19-10-8-14-6-2-3-7-15(14)12-19/h2-3,6-7,13H,4-5,8-12H2,1H3. The van der Waals surface area contributed by atoms with Crippen LogP contribution in [0.15, 0.2) is 24.3 Å². The molecule has 0 spiro atoms. The maximum Gasteiger partial charge on any atom is 0.312 e. The summed E-state index contributed by atoms with van der Waals surface area (Å²) in [6.45, 7) is 4.78. The minimum Gasteiger partial charge on any atom is -0.334 e. The number of carbonyl (C=O) groups excluding carboxylic acids is 2. The van der Waals surface area contributed by atoms with Gasteiger partial charge in [-0.25, -0.2) is 0 Å². The van der Waals surface area contributed by atoms with Crippen molar-refractivity contribution in [3.8, 4) is 0 Å². The Morgan fingerprint density at radius 3 is 2.52 bits per heavy atom. The van der Waals surface area contributed by atoms with Crippen molar-refractivity contribution in [1.29, 1.82) is 0 Å². The number of likely N-dealkylation sites (tertiary alicyclic amines) is 1. The van der Waals surface area contributed by atoms with Gasteiger partial charge in [-0.05, 0) is 36.3 Å². The van der Waals surface area contributed by atoms with Gasteiger partial charge in [0.25, 0.3) is 0 Å². The number of hydrogen-bond donors (Lipinski definition) is 0. The molecule has 0 radical (unpaired) electrons. The molecule has 0 aromatic heterocycles. The largest absolute Gasteiger partial charge is 0.334 e. The average Bonchev–Trinajstić information content (AvgIpc) is 2.53. The first-order chi connectivity index (χ1) is 10.1. The fourth-order valence-corrected chi connectivity index (χ4v) is 3.31. The second kappa shape index (κ2) is 5.88. The van der Waals surface area contributed by atoms with Gasteiger partial charge < -0.3 is 9.80 Å².